The van der Waals surface area contributed by atoms with E-state index in [0.717, 1.165) is 23.3 Å². The molecular formula is C20H25N5OS. The second-order valence-electron chi connectivity index (χ2n) is 7.19. The van der Waals surface area contributed by atoms with Gasteiger partial charge in [-0.05, 0) is 49.8 Å². The normalized spacial score (nSPS) is 22.1. The van der Waals surface area contributed by atoms with Crippen molar-refractivity contribution in [1.82, 2.24) is 9.97 Å². The molecule has 0 radical (unpaired) electrons. The van der Waals surface area contributed by atoms with Crippen LogP contribution in [0, 0.1) is 5.41 Å². The zero-order valence-electron chi connectivity index (χ0n) is 15.7. The van der Waals surface area contributed by atoms with E-state index in [-0.39, 0.29) is 10.8 Å². The van der Waals surface area contributed by atoms with Crippen LogP contribution in [0.5, 0.6) is 0 Å². The van der Waals surface area contributed by atoms with Crippen molar-refractivity contribution in [3.05, 3.63) is 35.7 Å². The average molecular weight is 384 g/mol. The number of fused-ring (bicyclic) bond motifs is 1. The number of ether oxygens (including phenoxy) is 1. The maximum Gasteiger partial charge on any atom is 0.130 e. The lowest BCUT2D eigenvalue weighted by Crippen LogP contribution is -2.44. The second kappa shape index (κ2) is 7.13. The van der Waals surface area contributed by atoms with Crippen LogP contribution >= 0.6 is 11.8 Å². The predicted octanol–water partition coefficient (Wildman–Crippen LogP) is 3.16. The quantitative estimate of drug-likeness (QED) is 0.771. The zero-order valence-corrected chi connectivity index (χ0v) is 16.6. The van der Waals surface area contributed by atoms with Crippen LogP contribution in [0.3, 0.4) is 0 Å². The van der Waals surface area contributed by atoms with Crippen LogP contribution in [0.1, 0.15) is 31.0 Å². The lowest BCUT2D eigenvalue weighted by molar-refractivity contribution is 0.0985. The summed E-state index contributed by atoms with van der Waals surface area (Å²) in [5.41, 5.74) is 9.46. The molecular weight excluding hydrogens is 358 g/mol. The van der Waals surface area contributed by atoms with E-state index in [1.165, 1.54) is 24.6 Å². The van der Waals surface area contributed by atoms with E-state index in [1.54, 1.807) is 12.3 Å². The minimum atomic E-state index is 0.157. The molecule has 1 saturated carbocycles. The third-order valence-electron chi connectivity index (χ3n) is 5.50. The van der Waals surface area contributed by atoms with Gasteiger partial charge in [0.15, 0.2) is 0 Å². The number of pyridine rings is 2. The molecule has 1 atom stereocenters. The highest BCUT2D eigenvalue weighted by Gasteiger charge is 2.45. The Morgan fingerprint density at radius 3 is 2.96 bits per heavy atom. The molecule has 3 N–H and O–H groups in total. The molecule has 3 heterocycles. The highest BCUT2D eigenvalue weighted by Crippen LogP contribution is 2.58. The van der Waals surface area contributed by atoms with Gasteiger partial charge in [-0.1, -0.05) is 0 Å². The first-order chi connectivity index (χ1) is 13.1. The van der Waals surface area contributed by atoms with Crippen LogP contribution in [-0.2, 0) is 9.48 Å². The summed E-state index contributed by atoms with van der Waals surface area (Å²) in [4.78, 5) is 11.8. The van der Waals surface area contributed by atoms with Gasteiger partial charge in [-0.2, -0.15) is 11.8 Å². The van der Waals surface area contributed by atoms with Crippen molar-refractivity contribution in [2.75, 3.05) is 30.9 Å². The summed E-state index contributed by atoms with van der Waals surface area (Å²) in [5.74, 6) is 0.963. The number of aromatic nitrogens is 2. The van der Waals surface area contributed by atoms with Crippen molar-refractivity contribution in [3.63, 3.8) is 0 Å². The van der Waals surface area contributed by atoms with Gasteiger partial charge in [0, 0.05) is 29.1 Å². The summed E-state index contributed by atoms with van der Waals surface area (Å²) in [6.07, 6.45) is 9.08. The van der Waals surface area contributed by atoms with Gasteiger partial charge >= 0.3 is 0 Å². The van der Waals surface area contributed by atoms with E-state index in [0.29, 0.717) is 24.6 Å². The number of anilines is 1. The highest BCUT2D eigenvalue weighted by atomic mass is 32.2. The molecule has 142 valence electrons. The van der Waals surface area contributed by atoms with Gasteiger partial charge < -0.3 is 20.8 Å². The Morgan fingerprint density at radius 2 is 2.30 bits per heavy atom. The molecule has 0 spiro atoms. The van der Waals surface area contributed by atoms with Crippen LogP contribution < -0.4 is 10.6 Å². The van der Waals surface area contributed by atoms with Crippen molar-refractivity contribution in [1.29, 1.82) is 5.41 Å². The number of hydrogen-bond acceptors (Lipinski definition) is 7. The number of allylic oxidation sites excluding steroid dienone is 1. The Kier molecular flexibility index (Phi) is 4.82. The lowest BCUT2D eigenvalue weighted by atomic mass is 10.0. The minimum Gasteiger partial charge on any atom is -0.397 e. The van der Waals surface area contributed by atoms with Gasteiger partial charge in [0.2, 0.25) is 0 Å². The molecule has 7 heteroatoms. The molecule has 2 aromatic rings. The first kappa shape index (κ1) is 18.3. The summed E-state index contributed by atoms with van der Waals surface area (Å²) >= 11 is 1.91. The molecule has 0 unspecified atom stereocenters. The summed E-state index contributed by atoms with van der Waals surface area (Å²) in [6.45, 7) is 4.41. The Morgan fingerprint density at radius 1 is 1.48 bits per heavy atom. The second-order valence-corrected chi connectivity index (χ2v) is 8.38. The molecule has 2 aromatic heterocycles. The third kappa shape index (κ3) is 3.19. The van der Waals surface area contributed by atoms with Crippen LogP contribution in [0.15, 0.2) is 24.4 Å². The molecule has 27 heavy (non-hydrogen) atoms. The van der Waals surface area contributed by atoms with Gasteiger partial charge in [0.05, 0.1) is 25.0 Å². The van der Waals surface area contributed by atoms with Crippen molar-refractivity contribution in [2.45, 2.75) is 30.6 Å². The van der Waals surface area contributed by atoms with E-state index in [9.17, 15) is 0 Å². The van der Waals surface area contributed by atoms with Gasteiger partial charge in [-0.25, -0.2) is 4.98 Å². The fourth-order valence-electron chi connectivity index (χ4n) is 3.81. The van der Waals surface area contributed by atoms with Crippen LogP contribution in [0.25, 0.3) is 16.6 Å². The molecule has 1 aliphatic heterocycles. The fraction of sp³-hybridized carbons (Fsp3) is 0.450. The summed E-state index contributed by atoms with van der Waals surface area (Å²) < 4.78 is 5.76. The third-order valence-corrected chi connectivity index (χ3v) is 6.91. The summed E-state index contributed by atoms with van der Waals surface area (Å²) in [5, 5.41) is 8.45. The molecule has 4 rings (SSSR count). The van der Waals surface area contributed by atoms with Crippen molar-refractivity contribution < 1.29 is 4.74 Å². The smallest absolute Gasteiger partial charge is 0.130 e. The SMILES string of the molecule is CSC1(c2cc(N3CCOC[C@H]3C)nc3c(/C(N)=C/C=N)nccc23)CC1. The fourth-order valence-corrected chi connectivity index (χ4v) is 4.71. The Labute approximate surface area is 163 Å². The van der Waals surface area contributed by atoms with E-state index in [1.807, 2.05) is 17.8 Å². The Hall–Kier alpha value is -2.12. The molecule has 0 aromatic carbocycles. The molecule has 6 nitrogen and oxygen atoms in total. The summed E-state index contributed by atoms with van der Waals surface area (Å²) in [7, 11) is 0. The highest BCUT2D eigenvalue weighted by molar-refractivity contribution is 7.99. The number of rotatable bonds is 5. The Balaban J connectivity index is 1.96. The number of hydrogen-bond donors (Lipinski definition) is 2. The van der Waals surface area contributed by atoms with Gasteiger partial charge in [0.1, 0.15) is 17.0 Å². The molecule has 2 aliphatic rings. The van der Waals surface area contributed by atoms with E-state index < -0.39 is 0 Å². The number of thioether (sulfide) groups is 1. The maximum atomic E-state index is 7.35. The molecule has 1 saturated heterocycles. The molecule has 1 aliphatic carbocycles. The first-order valence-corrected chi connectivity index (χ1v) is 10.5. The van der Waals surface area contributed by atoms with Crippen molar-refractivity contribution in [3.8, 4) is 0 Å². The van der Waals surface area contributed by atoms with E-state index in [2.05, 4.69) is 29.1 Å². The zero-order chi connectivity index (χ0) is 19.0. The molecule has 0 bridgehead atoms. The maximum absolute atomic E-state index is 7.35. The van der Waals surface area contributed by atoms with Gasteiger partial charge in [0.25, 0.3) is 0 Å². The Bertz CT molecular complexity index is 909. The lowest BCUT2D eigenvalue weighted by Gasteiger charge is -2.35. The van der Waals surface area contributed by atoms with Crippen LogP contribution in [-0.4, -0.2) is 48.2 Å². The van der Waals surface area contributed by atoms with Crippen LogP contribution in [0.4, 0.5) is 5.82 Å². The van der Waals surface area contributed by atoms with Gasteiger partial charge in [-0.15, -0.1) is 0 Å². The summed E-state index contributed by atoms with van der Waals surface area (Å²) in [6, 6.07) is 4.57. The van der Waals surface area contributed by atoms with E-state index >= 15 is 0 Å². The van der Waals surface area contributed by atoms with Gasteiger partial charge in [-0.3, -0.25) is 4.98 Å². The molecule has 2 fully saturated rings. The van der Waals surface area contributed by atoms with Crippen molar-refractivity contribution in [2.24, 2.45) is 5.73 Å². The standard InChI is InChI=1S/C20H25N5OS/c1-13-12-26-10-9-25(13)17-11-15(20(27-2)5-6-20)14-4-8-23-19(18(14)24-17)16(22)3-7-21/h3-4,7-8,11,13,21H,5-6,9-10,12,22H2,1-2H3/b16-3-,21-7?/t13-/m1/s1. The predicted molar refractivity (Wildman–Crippen MR) is 113 cm³/mol. The average Bonchev–Trinajstić information content (AvgIpc) is 3.48. The largest absolute Gasteiger partial charge is 0.397 e. The number of nitrogens with one attached hydrogen (secondary N) is 1. The topological polar surface area (TPSA) is 88.1 Å². The van der Waals surface area contributed by atoms with Crippen LogP contribution in [0.2, 0.25) is 0 Å². The van der Waals surface area contributed by atoms with E-state index in [4.69, 9.17) is 20.9 Å². The number of nitrogens with two attached hydrogens (primary N) is 1. The minimum absolute atomic E-state index is 0.157. The number of morpholine rings is 1. The molecule has 0 amide bonds. The first-order valence-electron chi connectivity index (χ1n) is 9.26. The monoisotopic (exact) mass is 383 g/mol. The van der Waals surface area contributed by atoms with Crippen molar-refractivity contribution >= 4 is 40.4 Å². The number of nitrogens with zero attached hydrogens (tertiary/aromatic N) is 3.